The van der Waals surface area contributed by atoms with Gasteiger partial charge in [-0.25, -0.2) is 9.37 Å². The lowest BCUT2D eigenvalue weighted by Gasteiger charge is -2.17. The molecule has 0 bridgehead atoms. The molecule has 0 aliphatic carbocycles. The van der Waals surface area contributed by atoms with E-state index in [1.807, 2.05) is 4.68 Å². The third-order valence-corrected chi connectivity index (χ3v) is 3.44. The van der Waals surface area contributed by atoms with Crippen molar-refractivity contribution in [2.75, 3.05) is 7.05 Å². The maximum absolute atomic E-state index is 14.0. The lowest BCUT2D eigenvalue weighted by Crippen LogP contribution is -2.22. The van der Waals surface area contributed by atoms with Gasteiger partial charge in [0.15, 0.2) is 0 Å². The zero-order valence-corrected chi connectivity index (χ0v) is 12.4. The Kier molecular flexibility index (Phi) is 5.09. The highest BCUT2D eigenvalue weighted by Gasteiger charge is 2.17. The van der Waals surface area contributed by atoms with Crippen LogP contribution >= 0.6 is 11.6 Å². The maximum Gasteiger partial charge on any atom is 0.138 e. The van der Waals surface area contributed by atoms with Crippen molar-refractivity contribution in [1.29, 1.82) is 0 Å². The van der Waals surface area contributed by atoms with Crippen LogP contribution in [0.1, 0.15) is 30.8 Å². The average molecular weight is 297 g/mol. The Morgan fingerprint density at radius 3 is 2.90 bits per heavy atom. The van der Waals surface area contributed by atoms with Crippen LogP contribution in [0.3, 0.4) is 0 Å². The Morgan fingerprint density at radius 1 is 1.45 bits per heavy atom. The van der Waals surface area contributed by atoms with Crippen molar-refractivity contribution in [3.8, 4) is 0 Å². The molecule has 108 valence electrons. The van der Waals surface area contributed by atoms with E-state index in [0.29, 0.717) is 17.0 Å². The number of likely N-dealkylation sites (N-methyl/N-ethyl adjacent to an activating group) is 1. The van der Waals surface area contributed by atoms with E-state index in [1.54, 1.807) is 19.2 Å². The first-order valence-electron chi connectivity index (χ1n) is 6.64. The molecular weight excluding hydrogens is 279 g/mol. The quantitative estimate of drug-likeness (QED) is 0.891. The molecule has 1 heterocycles. The van der Waals surface area contributed by atoms with Gasteiger partial charge in [-0.1, -0.05) is 24.6 Å². The lowest BCUT2D eigenvalue weighted by molar-refractivity contribution is 0.496. The molecule has 0 saturated heterocycles. The van der Waals surface area contributed by atoms with Crippen LogP contribution in [-0.2, 0) is 13.0 Å². The minimum atomic E-state index is -0.307. The first kappa shape index (κ1) is 14.9. The van der Waals surface area contributed by atoms with Crippen molar-refractivity contribution in [3.63, 3.8) is 0 Å². The average Bonchev–Trinajstić information content (AvgIpc) is 2.84. The number of nitrogens with zero attached hydrogens (tertiary/aromatic N) is 3. The zero-order valence-electron chi connectivity index (χ0n) is 11.6. The number of hydrogen-bond donors (Lipinski definition) is 1. The summed E-state index contributed by atoms with van der Waals surface area (Å²) in [6, 6.07) is 4.57. The summed E-state index contributed by atoms with van der Waals surface area (Å²) in [7, 11) is 1.80. The van der Waals surface area contributed by atoms with E-state index in [0.717, 1.165) is 18.8 Å². The van der Waals surface area contributed by atoms with Crippen molar-refractivity contribution in [3.05, 3.63) is 46.8 Å². The Bertz CT molecular complexity index is 570. The third kappa shape index (κ3) is 3.35. The van der Waals surface area contributed by atoms with Crippen molar-refractivity contribution in [2.24, 2.45) is 0 Å². The summed E-state index contributed by atoms with van der Waals surface area (Å²) >= 11 is 5.79. The molecule has 1 aromatic carbocycles. The summed E-state index contributed by atoms with van der Waals surface area (Å²) in [5.41, 5.74) is 0.586. The summed E-state index contributed by atoms with van der Waals surface area (Å²) in [4.78, 5) is 4.26. The molecule has 0 aliphatic heterocycles. The van der Waals surface area contributed by atoms with Crippen molar-refractivity contribution < 1.29 is 4.39 Å². The fourth-order valence-corrected chi connectivity index (χ4v) is 2.34. The van der Waals surface area contributed by atoms with E-state index in [2.05, 4.69) is 22.3 Å². The summed E-state index contributed by atoms with van der Waals surface area (Å²) in [5.74, 6) is 0.541. The number of benzene rings is 1. The number of aryl methyl sites for hydroxylation is 1. The molecule has 1 aromatic heterocycles. The second-order valence-electron chi connectivity index (χ2n) is 4.61. The van der Waals surface area contributed by atoms with Gasteiger partial charge in [0.25, 0.3) is 0 Å². The Balaban J connectivity index is 2.22. The molecule has 1 N–H and O–H groups in total. The normalized spacial score (nSPS) is 12.6. The number of rotatable bonds is 6. The molecule has 0 spiro atoms. The Labute approximate surface area is 123 Å². The number of nitrogens with one attached hydrogen (secondary N) is 1. The molecule has 2 aromatic rings. The smallest absolute Gasteiger partial charge is 0.138 e. The molecule has 0 amide bonds. The van der Waals surface area contributed by atoms with Crippen LogP contribution in [0, 0.1) is 5.82 Å². The molecule has 0 aliphatic rings. The molecule has 1 atom stereocenters. The first-order chi connectivity index (χ1) is 9.65. The minimum absolute atomic E-state index is 0.160. The molecule has 2 rings (SSSR count). The van der Waals surface area contributed by atoms with Gasteiger partial charge in [0.2, 0.25) is 0 Å². The Morgan fingerprint density at radius 2 is 2.25 bits per heavy atom. The van der Waals surface area contributed by atoms with Gasteiger partial charge in [0.05, 0.1) is 0 Å². The van der Waals surface area contributed by atoms with Gasteiger partial charge < -0.3 is 5.32 Å². The molecule has 0 fully saturated rings. The summed E-state index contributed by atoms with van der Waals surface area (Å²) in [6.07, 6.45) is 3.10. The second-order valence-corrected chi connectivity index (χ2v) is 5.05. The molecule has 6 heteroatoms. The predicted molar refractivity (Wildman–Crippen MR) is 77.2 cm³/mol. The van der Waals surface area contributed by atoms with Gasteiger partial charge in [-0.15, -0.1) is 0 Å². The van der Waals surface area contributed by atoms with Crippen molar-refractivity contribution >= 4 is 11.6 Å². The fraction of sp³-hybridized carbons (Fsp3) is 0.429. The van der Waals surface area contributed by atoms with E-state index in [1.165, 1.54) is 12.4 Å². The van der Waals surface area contributed by atoms with E-state index >= 15 is 0 Å². The molecule has 1 unspecified atom stereocenters. The zero-order chi connectivity index (χ0) is 14.5. The standard InChI is InChI=1S/C14H18ClFN4/c1-3-6-20-14(18-9-19-20)8-13(17-2)11-5-4-10(15)7-12(11)16/h4-5,7,9,13,17H,3,6,8H2,1-2H3. The van der Waals surface area contributed by atoms with Crippen molar-refractivity contribution in [2.45, 2.75) is 32.4 Å². The predicted octanol–water partition coefficient (Wildman–Crippen LogP) is 2.98. The van der Waals surface area contributed by atoms with Gasteiger partial charge in [0, 0.05) is 29.6 Å². The van der Waals surface area contributed by atoms with E-state index in [-0.39, 0.29) is 11.9 Å². The number of aromatic nitrogens is 3. The highest BCUT2D eigenvalue weighted by Crippen LogP contribution is 2.23. The lowest BCUT2D eigenvalue weighted by atomic mass is 10.0. The fourth-order valence-electron chi connectivity index (χ4n) is 2.18. The van der Waals surface area contributed by atoms with Crippen LogP contribution in [0.4, 0.5) is 4.39 Å². The monoisotopic (exact) mass is 296 g/mol. The topological polar surface area (TPSA) is 42.7 Å². The molecular formula is C14H18ClFN4. The minimum Gasteiger partial charge on any atom is -0.313 e. The van der Waals surface area contributed by atoms with Gasteiger partial charge in [-0.3, -0.25) is 4.68 Å². The van der Waals surface area contributed by atoms with Gasteiger partial charge >= 0.3 is 0 Å². The van der Waals surface area contributed by atoms with E-state index in [9.17, 15) is 4.39 Å². The molecule has 4 nitrogen and oxygen atoms in total. The maximum atomic E-state index is 14.0. The second kappa shape index (κ2) is 6.81. The molecule has 20 heavy (non-hydrogen) atoms. The van der Waals surface area contributed by atoms with Crippen LogP contribution < -0.4 is 5.32 Å². The Hall–Kier alpha value is -1.46. The van der Waals surface area contributed by atoms with Gasteiger partial charge in [-0.05, 0) is 25.6 Å². The highest BCUT2D eigenvalue weighted by atomic mass is 35.5. The van der Waals surface area contributed by atoms with Crippen LogP contribution in [0.15, 0.2) is 24.5 Å². The molecule has 0 saturated carbocycles. The first-order valence-corrected chi connectivity index (χ1v) is 7.02. The van der Waals surface area contributed by atoms with Crippen LogP contribution in [0.5, 0.6) is 0 Å². The van der Waals surface area contributed by atoms with Gasteiger partial charge in [-0.2, -0.15) is 5.10 Å². The summed E-state index contributed by atoms with van der Waals surface area (Å²) in [5, 5.41) is 7.71. The van der Waals surface area contributed by atoms with E-state index in [4.69, 9.17) is 11.6 Å². The number of hydrogen-bond acceptors (Lipinski definition) is 3. The summed E-state index contributed by atoms with van der Waals surface area (Å²) < 4.78 is 15.9. The SMILES string of the molecule is CCCn1ncnc1CC(NC)c1ccc(Cl)cc1F. The van der Waals surface area contributed by atoms with Crippen molar-refractivity contribution in [1.82, 2.24) is 20.1 Å². The van der Waals surface area contributed by atoms with Crippen LogP contribution in [0.2, 0.25) is 5.02 Å². The summed E-state index contributed by atoms with van der Waals surface area (Å²) in [6.45, 7) is 2.90. The van der Waals surface area contributed by atoms with E-state index < -0.39 is 0 Å². The highest BCUT2D eigenvalue weighted by molar-refractivity contribution is 6.30. The van der Waals surface area contributed by atoms with Crippen LogP contribution in [0.25, 0.3) is 0 Å². The molecule has 0 radical (unpaired) electrons. The van der Waals surface area contributed by atoms with Crippen LogP contribution in [-0.4, -0.2) is 21.8 Å². The largest absolute Gasteiger partial charge is 0.313 e. The van der Waals surface area contributed by atoms with Gasteiger partial charge in [0.1, 0.15) is 18.0 Å². The number of halogens is 2. The third-order valence-electron chi connectivity index (χ3n) is 3.20.